The van der Waals surface area contributed by atoms with Crippen LogP contribution in [0.4, 0.5) is 0 Å². The molecule has 0 aromatic heterocycles. The molecule has 0 heterocycles. The Labute approximate surface area is 47.7 Å². The third-order valence-corrected chi connectivity index (χ3v) is 0. The Kier molecular flexibility index (Phi) is 6.72. The van der Waals surface area contributed by atoms with Crippen LogP contribution in [0.15, 0.2) is 12.7 Å². The SMILES string of the molecule is C=CC.O=P(O)(O)O. The summed E-state index contributed by atoms with van der Waals surface area (Å²) in [4.78, 5) is 21.6. The molecular weight excluding hydrogens is 131 g/mol. The lowest BCUT2D eigenvalue weighted by Gasteiger charge is -1.82. The molecule has 8 heavy (non-hydrogen) atoms. The van der Waals surface area contributed by atoms with E-state index in [4.69, 9.17) is 19.2 Å². The van der Waals surface area contributed by atoms with Crippen molar-refractivity contribution in [2.75, 3.05) is 0 Å². The second-order valence-electron chi connectivity index (χ2n) is 0.922. The van der Waals surface area contributed by atoms with Gasteiger partial charge in [-0.25, -0.2) is 4.57 Å². The van der Waals surface area contributed by atoms with Crippen molar-refractivity contribution < 1.29 is 19.2 Å². The average molecular weight is 140 g/mol. The molecule has 0 aliphatic heterocycles. The summed E-state index contributed by atoms with van der Waals surface area (Å²) in [6.07, 6.45) is 1.75. The second-order valence-corrected chi connectivity index (χ2v) is 1.95. The first-order valence-electron chi connectivity index (χ1n) is 1.77. The van der Waals surface area contributed by atoms with Crippen LogP contribution in [-0.2, 0) is 4.57 Å². The maximum Gasteiger partial charge on any atom is 0.466 e. The minimum atomic E-state index is -4.64. The zero-order chi connectivity index (χ0) is 7.21. The first-order chi connectivity index (χ1) is 3.41. The molecule has 0 saturated heterocycles. The quantitative estimate of drug-likeness (QED) is 0.333. The van der Waals surface area contributed by atoms with E-state index in [-0.39, 0.29) is 0 Å². The van der Waals surface area contributed by atoms with Crippen LogP contribution < -0.4 is 0 Å². The molecule has 0 radical (unpaired) electrons. The standard InChI is InChI=1S/C3H6.H3O4P/c1-3-2;1-5(2,3)4/h3H,1H2,2H3;(H3,1,2,3,4). The van der Waals surface area contributed by atoms with Gasteiger partial charge < -0.3 is 14.7 Å². The monoisotopic (exact) mass is 140 g/mol. The first-order valence-corrected chi connectivity index (χ1v) is 3.33. The van der Waals surface area contributed by atoms with E-state index in [2.05, 4.69) is 6.58 Å². The Morgan fingerprint density at radius 1 is 1.50 bits per heavy atom. The van der Waals surface area contributed by atoms with Gasteiger partial charge in [-0.15, -0.1) is 6.58 Å². The highest BCUT2D eigenvalue weighted by Gasteiger charge is 2.00. The van der Waals surface area contributed by atoms with Crippen LogP contribution in [0.1, 0.15) is 6.92 Å². The van der Waals surface area contributed by atoms with Crippen LogP contribution in [-0.4, -0.2) is 14.7 Å². The molecule has 0 unspecified atom stereocenters. The van der Waals surface area contributed by atoms with Crippen molar-refractivity contribution in [3.8, 4) is 0 Å². The third kappa shape index (κ3) is 6120. The van der Waals surface area contributed by atoms with E-state index < -0.39 is 7.82 Å². The van der Waals surface area contributed by atoms with Gasteiger partial charge in [-0.05, 0) is 6.92 Å². The summed E-state index contributed by atoms with van der Waals surface area (Å²) in [7, 11) is -4.64. The number of phosphoric acid groups is 1. The van der Waals surface area contributed by atoms with Gasteiger partial charge in [0.05, 0.1) is 0 Å². The number of hydrogen-bond donors (Lipinski definition) is 3. The maximum atomic E-state index is 8.88. The summed E-state index contributed by atoms with van der Waals surface area (Å²) >= 11 is 0. The molecule has 0 fully saturated rings. The smallest absolute Gasteiger partial charge is 0.303 e. The number of hydrogen-bond acceptors (Lipinski definition) is 1. The molecule has 0 aliphatic rings. The molecule has 4 nitrogen and oxygen atoms in total. The van der Waals surface area contributed by atoms with E-state index in [1.165, 1.54) is 0 Å². The van der Waals surface area contributed by atoms with E-state index in [0.717, 1.165) is 0 Å². The average Bonchev–Trinajstić information content (AvgIpc) is 1.27. The molecule has 0 spiro atoms. The van der Waals surface area contributed by atoms with Gasteiger partial charge in [-0.1, -0.05) is 6.08 Å². The zero-order valence-electron chi connectivity index (χ0n) is 4.48. The lowest BCUT2D eigenvalue weighted by atomic mass is 10.8. The highest BCUT2D eigenvalue weighted by atomic mass is 31.2. The largest absolute Gasteiger partial charge is 0.466 e. The molecule has 0 aromatic carbocycles. The van der Waals surface area contributed by atoms with Gasteiger partial charge in [0.25, 0.3) is 0 Å². The van der Waals surface area contributed by atoms with Gasteiger partial charge in [-0.2, -0.15) is 0 Å². The van der Waals surface area contributed by atoms with Gasteiger partial charge in [0, 0.05) is 0 Å². The van der Waals surface area contributed by atoms with Crippen LogP contribution in [0.25, 0.3) is 0 Å². The fourth-order valence-electron chi connectivity index (χ4n) is 0. The van der Waals surface area contributed by atoms with Crippen LogP contribution in [0.5, 0.6) is 0 Å². The van der Waals surface area contributed by atoms with Crippen molar-refractivity contribution in [3.63, 3.8) is 0 Å². The number of allylic oxidation sites excluding steroid dienone is 1. The molecule has 0 atom stereocenters. The minimum Gasteiger partial charge on any atom is -0.303 e. The molecular formula is C3H9O4P. The predicted octanol–water partition coefficient (Wildman–Crippen LogP) is 0.264. The summed E-state index contributed by atoms with van der Waals surface area (Å²) in [5.74, 6) is 0. The molecule has 0 aliphatic carbocycles. The Balaban J connectivity index is 0. The van der Waals surface area contributed by atoms with Crippen LogP contribution in [0, 0.1) is 0 Å². The van der Waals surface area contributed by atoms with Crippen molar-refractivity contribution in [3.05, 3.63) is 12.7 Å². The summed E-state index contributed by atoms with van der Waals surface area (Å²) in [6, 6.07) is 0. The fourth-order valence-corrected chi connectivity index (χ4v) is 0. The van der Waals surface area contributed by atoms with Gasteiger partial charge in [0.2, 0.25) is 0 Å². The summed E-state index contributed by atoms with van der Waals surface area (Å²) in [5.41, 5.74) is 0. The van der Waals surface area contributed by atoms with Gasteiger partial charge in [-0.3, -0.25) is 0 Å². The molecule has 50 valence electrons. The van der Waals surface area contributed by atoms with Gasteiger partial charge >= 0.3 is 7.82 Å². The summed E-state index contributed by atoms with van der Waals surface area (Å²) < 4.78 is 8.88. The van der Waals surface area contributed by atoms with Gasteiger partial charge in [0.1, 0.15) is 0 Å². The van der Waals surface area contributed by atoms with Crippen molar-refractivity contribution in [1.82, 2.24) is 0 Å². The molecule has 0 saturated carbocycles. The number of rotatable bonds is 0. The Bertz CT molecular complexity index is 85.2. The second kappa shape index (κ2) is 5.00. The van der Waals surface area contributed by atoms with E-state index in [1.807, 2.05) is 6.92 Å². The van der Waals surface area contributed by atoms with Gasteiger partial charge in [0.15, 0.2) is 0 Å². The van der Waals surface area contributed by atoms with Crippen LogP contribution in [0.3, 0.4) is 0 Å². The minimum absolute atomic E-state index is 1.75. The molecule has 5 heteroatoms. The predicted molar refractivity (Wildman–Crippen MR) is 30.1 cm³/mol. The van der Waals surface area contributed by atoms with Crippen molar-refractivity contribution in [2.24, 2.45) is 0 Å². The van der Waals surface area contributed by atoms with E-state index >= 15 is 0 Å². The van der Waals surface area contributed by atoms with Crippen LogP contribution >= 0.6 is 7.82 Å². The topological polar surface area (TPSA) is 77.8 Å². The Morgan fingerprint density at radius 3 is 1.50 bits per heavy atom. The molecule has 0 aromatic rings. The van der Waals surface area contributed by atoms with Crippen molar-refractivity contribution in [2.45, 2.75) is 6.92 Å². The lowest BCUT2D eigenvalue weighted by Crippen LogP contribution is -1.66. The fraction of sp³-hybridized carbons (Fsp3) is 0.333. The molecule has 0 rings (SSSR count). The summed E-state index contributed by atoms with van der Waals surface area (Å²) in [6.45, 7) is 5.25. The maximum absolute atomic E-state index is 8.88. The summed E-state index contributed by atoms with van der Waals surface area (Å²) in [5, 5.41) is 0. The van der Waals surface area contributed by atoms with Crippen LogP contribution in [0.2, 0.25) is 0 Å². The van der Waals surface area contributed by atoms with E-state index in [0.29, 0.717) is 0 Å². The third-order valence-electron chi connectivity index (χ3n) is 0. The van der Waals surface area contributed by atoms with E-state index in [1.54, 1.807) is 6.08 Å². The lowest BCUT2D eigenvalue weighted by molar-refractivity contribution is 0.275. The molecule has 0 bridgehead atoms. The Hall–Kier alpha value is -0.150. The Morgan fingerprint density at radius 2 is 1.50 bits per heavy atom. The van der Waals surface area contributed by atoms with Crippen molar-refractivity contribution in [1.29, 1.82) is 0 Å². The molecule has 3 N–H and O–H groups in total. The first kappa shape index (κ1) is 10.8. The van der Waals surface area contributed by atoms with Crippen molar-refractivity contribution >= 4 is 7.82 Å². The van der Waals surface area contributed by atoms with E-state index in [9.17, 15) is 0 Å². The normalized spacial score (nSPS) is 9.00. The zero-order valence-corrected chi connectivity index (χ0v) is 5.38. The highest BCUT2D eigenvalue weighted by molar-refractivity contribution is 7.45. The molecule has 0 amide bonds. The highest BCUT2D eigenvalue weighted by Crippen LogP contribution is 2.25.